The maximum Gasteiger partial charge on any atom is 0.118 e. The van der Waals surface area contributed by atoms with Gasteiger partial charge in [0.05, 0.1) is 6.54 Å². The fourth-order valence-electron chi connectivity index (χ4n) is 2.84. The van der Waals surface area contributed by atoms with Crippen molar-refractivity contribution in [3.8, 4) is 0 Å². The van der Waals surface area contributed by atoms with Crippen LogP contribution in [0.15, 0.2) is 10.5 Å². The maximum absolute atomic E-state index is 5.93. The van der Waals surface area contributed by atoms with Gasteiger partial charge in [0.2, 0.25) is 0 Å². The van der Waals surface area contributed by atoms with Crippen LogP contribution in [0, 0.1) is 12.8 Å². The SMILES string of the molecule is Cc1oc(CNC2CC2)cc1CN(CCC(C)C)C1CC1. The Balaban J connectivity index is 1.56. The summed E-state index contributed by atoms with van der Waals surface area (Å²) in [5.74, 6) is 3.00. The van der Waals surface area contributed by atoms with Gasteiger partial charge in [-0.3, -0.25) is 4.90 Å². The Kier molecular flexibility index (Phi) is 4.70. The van der Waals surface area contributed by atoms with Crippen molar-refractivity contribution < 1.29 is 4.42 Å². The summed E-state index contributed by atoms with van der Waals surface area (Å²) in [6, 6.07) is 3.84. The number of furan rings is 1. The summed E-state index contributed by atoms with van der Waals surface area (Å²) < 4.78 is 5.93. The van der Waals surface area contributed by atoms with E-state index >= 15 is 0 Å². The van der Waals surface area contributed by atoms with Crippen molar-refractivity contribution >= 4 is 0 Å². The average Bonchev–Trinajstić information content (AvgIpc) is 3.33. The number of rotatable bonds is 9. The summed E-state index contributed by atoms with van der Waals surface area (Å²) >= 11 is 0. The minimum atomic E-state index is 0.743. The van der Waals surface area contributed by atoms with Gasteiger partial charge in [0.25, 0.3) is 0 Å². The molecule has 0 spiro atoms. The van der Waals surface area contributed by atoms with E-state index in [4.69, 9.17) is 4.42 Å². The van der Waals surface area contributed by atoms with Crippen molar-refractivity contribution in [2.45, 2.75) is 78.0 Å². The molecule has 0 bridgehead atoms. The van der Waals surface area contributed by atoms with E-state index in [0.29, 0.717) is 0 Å². The molecule has 0 aliphatic heterocycles. The van der Waals surface area contributed by atoms with Crippen LogP contribution in [0.25, 0.3) is 0 Å². The van der Waals surface area contributed by atoms with Crippen LogP contribution < -0.4 is 5.32 Å². The second kappa shape index (κ2) is 6.53. The molecule has 0 aromatic carbocycles. The van der Waals surface area contributed by atoms with Gasteiger partial charge < -0.3 is 9.73 Å². The van der Waals surface area contributed by atoms with Gasteiger partial charge in [-0.25, -0.2) is 0 Å². The lowest BCUT2D eigenvalue weighted by molar-refractivity contribution is 0.238. The average molecular weight is 290 g/mol. The Bertz CT molecular complexity index is 458. The molecule has 3 heteroatoms. The molecule has 0 unspecified atom stereocenters. The number of hydrogen-bond acceptors (Lipinski definition) is 3. The lowest BCUT2D eigenvalue weighted by Crippen LogP contribution is -2.27. The monoisotopic (exact) mass is 290 g/mol. The molecule has 2 saturated carbocycles. The van der Waals surface area contributed by atoms with Crippen LogP contribution in [0.4, 0.5) is 0 Å². The van der Waals surface area contributed by atoms with Crippen LogP contribution in [-0.2, 0) is 13.1 Å². The molecule has 1 aromatic heterocycles. The molecule has 21 heavy (non-hydrogen) atoms. The van der Waals surface area contributed by atoms with Gasteiger partial charge in [0.1, 0.15) is 11.5 Å². The van der Waals surface area contributed by atoms with Gasteiger partial charge in [0.15, 0.2) is 0 Å². The first-order valence-corrected chi connectivity index (χ1v) is 8.67. The molecule has 1 N–H and O–H groups in total. The normalized spacial score (nSPS) is 18.9. The number of nitrogens with one attached hydrogen (secondary N) is 1. The van der Waals surface area contributed by atoms with Crippen molar-refractivity contribution in [1.82, 2.24) is 10.2 Å². The summed E-state index contributed by atoms with van der Waals surface area (Å²) in [7, 11) is 0. The lowest BCUT2D eigenvalue weighted by Gasteiger charge is -2.22. The van der Waals surface area contributed by atoms with Crippen molar-refractivity contribution in [3.63, 3.8) is 0 Å². The molecule has 1 heterocycles. The number of nitrogens with zero attached hydrogens (tertiary/aromatic N) is 1. The van der Waals surface area contributed by atoms with Gasteiger partial charge in [0, 0.05) is 24.2 Å². The third kappa shape index (κ3) is 4.58. The highest BCUT2D eigenvalue weighted by molar-refractivity contribution is 5.21. The van der Waals surface area contributed by atoms with Gasteiger partial charge in [-0.2, -0.15) is 0 Å². The third-order valence-electron chi connectivity index (χ3n) is 4.64. The third-order valence-corrected chi connectivity index (χ3v) is 4.64. The molecule has 0 amide bonds. The van der Waals surface area contributed by atoms with Gasteiger partial charge >= 0.3 is 0 Å². The smallest absolute Gasteiger partial charge is 0.118 e. The molecule has 118 valence electrons. The van der Waals surface area contributed by atoms with E-state index in [-0.39, 0.29) is 0 Å². The van der Waals surface area contributed by atoms with E-state index in [1.807, 2.05) is 0 Å². The fourth-order valence-corrected chi connectivity index (χ4v) is 2.84. The molecule has 0 saturated heterocycles. The van der Waals surface area contributed by atoms with E-state index in [1.165, 1.54) is 44.2 Å². The predicted molar refractivity (Wildman–Crippen MR) is 86.2 cm³/mol. The van der Waals surface area contributed by atoms with Crippen molar-refractivity contribution in [2.24, 2.45) is 5.92 Å². The topological polar surface area (TPSA) is 28.4 Å². The first kappa shape index (κ1) is 15.1. The first-order valence-electron chi connectivity index (χ1n) is 8.67. The highest BCUT2D eigenvalue weighted by Crippen LogP contribution is 2.30. The second-order valence-electron chi connectivity index (χ2n) is 7.33. The summed E-state index contributed by atoms with van der Waals surface area (Å²) in [4.78, 5) is 2.66. The van der Waals surface area contributed by atoms with E-state index in [0.717, 1.165) is 42.6 Å². The molecule has 0 radical (unpaired) electrons. The molecule has 2 fully saturated rings. The molecule has 0 atom stereocenters. The second-order valence-corrected chi connectivity index (χ2v) is 7.33. The minimum absolute atomic E-state index is 0.743. The summed E-state index contributed by atoms with van der Waals surface area (Å²) in [6.07, 6.45) is 6.72. The largest absolute Gasteiger partial charge is 0.465 e. The fraction of sp³-hybridized carbons (Fsp3) is 0.778. The summed E-state index contributed by atoms with van der Waals surface area (Å²) in [5, 5.41) is 3.53. The minimum Gasteiger partial charge on any atom is -0.465 e. The summed E-state index contributed by atoms with van der Waals surface area (Å²) in [6.45, 7) is 9.93. The van der Waals surface area contributed by atoms with Crippen LogP contribution in [0.1, 0.15) is 63.0 Å². The van der Waals surface area contributed by atoms with Crippen LogP contribution in [0.2, 0.25) is 0 Å². The molecular formula is C18H30N2O. The molecule has 2 aliphatic rings. The van der Waals surface area contributed by atoms with E-state index in [9.17, 15) is 0 Å². The maximum atomic E-state index is 5.93. The van der Waals surface area contributed by atoms with Gasteiger partial charge in [-0.05, 0) is 57.6 Å². The van der Waals surface area contributed by atoms with Crippen LogP contribution in [0.3, 0.4) is 0 Å². The molecule has 3 rings (SSSR count). The lowest BCUT2D eigenvalue weighted by atomic mass is 10.1. The van der Waals surface area contributed by atoms with Gasteiger partial charge in [-0.1, -0.05) is 13.8 Å². The molecule has 2 aliphatic carbocycles. The van der Waals surface area contributed by atoms with Crippen molar-refractivity contribution in [3.05, 3.63) is 23.2 Å². The van der Waals surface area contributed by atoms with Gasteiger partial charge in [-0.15, -0.1) is 0 Å². The van der Waals surface area contributed by atoms with E-state index < -0.39 is 0 Å². The highest BCUT2D eigenvalue weighted by atomic mass is 16.3. The van der Waals surface area contributed by atoms with Crippen LogP contribution >= 0.6 is 0 Å². The molecule has 1 aromatic rings. The van der Waals surface area contributed by atoms with Crippen LogP contribution in [-0.4, -0.2) is 23.5 Å². The molecular weight excluding hydrogens is 260 g/mol. The Morgan fingerprint density at radius 2 is 2.05 bits per heavy atom. The Morgan fingerprint density at radius 1 is 1.29 bits per heavy atom. The van der Waals surface area contributed by atoms with E-state index in [1.54, 1.807) is 0 Å². The quantitative estimate of drug-likeness (QED) is 0.749. The zero-order valence-corrected chi connectivity index (χ0v) is 13.8. The molecule has 3 nitrogen and oxygen atoms in total. The Labute approximate surface area is 129 Å². The first-order chi connectivity index (χ1) is 10.1. The number of hydrogen-bond donors (Lipinski definition) is 1. The highest BCUT2D eigenvalue weighted by Gasteiger charge is 2.29. The zero-order valence-electron chi connectivity index (χ0n) is 13.8. The zero-order chi connectivity index (χ0) is 14.8. The summed E-state index contributed by atoms with van der Waals surface area (Å²) in [5.41, 5.74) is 1.39. The standard InChI is InChI=1S/C18H30N2O/c1-13(2)8-9-20(17-6-7-17)12-15-10-18(21-14(15)3)11-19-16-4-5-16/h10,13,16-17,19H,4-9,11-12H2,1-3H3. The number of aryl methyl sites for hydroxylation is 1. The Hall–Kier alpha value is -0.800. The Morgan fingerprint density at radius 3 is 2.67 bits per heavy atom. The van der Waals surface area contributed by atoms with Crippen molar-refractivity contribution in [1.29, 1.82) is 0 Å². The van der Waals surface area contributed by atoms with Crippen molar-refractivity contribution in [2.75, 3.05) is 6.54 Å². The predicted octanol–water partition coefficient (Wildman–Crippen LogP) is 3.85. The van der Waals surface area contributed by atoms with E-state index in [2.05, 4.69) is 37.1 Å². The van der Waals surface area contributed by atoms with Crippen LogP contribution in [0.5, 0.6) is 0 Å².